The zero-order valence-corrected chi connectivity index (χ0v) is 10.5. The summed E-state index contributed by atoms with van der Waals surface area (Å²) in [7, 11) is 0. The molecule has 1 saturated heterocycles. The molecule has 2 rings (SSSR count). The van der Waals surface area contributed by atoms with Crippen LogP contribution in [0.3, 0.4) is 0 Å². The lowest BCUT2D eigenvalue weighted by Gasteiger charge is -2.35. The first-order chi connectivity index (χ1) is 7.31. The Morgan fingerprint density at radius 1 is 1.50 bits per heavy atom. The molecule has 0 bridgehead atoms. The Labute approximate surface area is 107 Å². The van der Waals surface area contributed by atoms with E-state index in [0.29, 0.717) is 17.9 Å². The Bertz CT molecular complexity index is 334. The second-order valence-electron chi connectivity index (χ2n) is 3.76. The lowest BCUT2D eigenvalue weighted by atomic mass is 10.0. The molecule has 1 atom stereocenters. The molecule has 1 aliphatic rings. The van der Waals surface area contributed by atoms with Gasteiger partial charge in [0.05, 0.1) is 0 Å². The van der Waals surface area contributed by atoms with Gasteiger partial charge in [-0.15, -0.1) is 12.4 Å². The van der Waals surface area contributed by atoms with Crippen LogP contribution >= 0.6 is 24.0 Å². The van der Waals surface area contributed by atoms with E-state index in [2.05, 4.69) is 14.9 Å². The van der Waals surface area contributed by atoms with Crippen LogP contribution in [0.25, 0.3) is 0 Å². The van der Waals surface area contributed by atoms with Gasteiger partial charge in [-0.2, -0.15) is 0 Å². The molecule has 1 fully saturated rings. The topological polar surface area (TPSA) is 55.0 Å². The average Bonchev–Trinajstić information content (AvgIpc) is 2.29. The quantitative estimate of drug-likeness (QED) is 0.827. The molecule has 6 heteroatoms. The summed E-state index contributed by atoms with van der Waals surface area (Å²) in [6.07, 6.45) is 5.26. The molecule has 90 valence electrons. The molecule has 0 aliphatic carbocycles. The highest BCUT2D eigenvalue weighted by Crippen LogP contribution is 2.22. The molecule has 0 aromatic carbocycles. The summed E-state index contributed by atoms with van der Waals surface area (Å²) in [6.45, 7) is 1.68. The molecular formula is C10H16Cl2N4. The van der Waals surface area contributed by atoms with Crippen molar-refractivity contribution in [3.8, 4) is 0 Å². The first kappa shape index (κ1) is 13.5. The minimum atomic E-state index is 0. The van der Waals surface area contributed by atoms with Gasteiger partial charge >= 0.3 is 0 Å². The van der Waals surface area contributed by atoms with Gasteiger partial charge in [-0.3, -0.25) is 0 Å². The number of anilines is 1. The van der Waals surface area contributed by atoms with Gasteiger partial charge in [0, 0.05) is 25.3 Å². The van der Waals surface area contributed by atoms with Crippen molar-refractivity contribution in [3.05, 3.63) is 17.5 Å². The minimum absolute atomic E-state index is 0. The number of hydrogen-bond acceptors (Lipinski definition) is 4. The Morgan fingerprint density at radius 3 is 3.00 bits per heavy atom. The normalized spacial score (nSPS) is 20.4. The Balaban J connectivity index is 0.00000128. The largest absolute Gasteiger partial charge is 0.352 e. The lowest BCUT2D eigenvalue weighted by Crippen LogP contribution is -2.44. The van der Waals surface area contributed by atoms with Crippen molar-refractivity contribution < 1.29 is 0 Å². The van der Waals surface area contributed by atoms with E-state index in [1.165, 1.54) is 12.8 Å². The summed E-state index contributed by atoms with van der Waals surface area (Å²) in [6, 6.07) is 2.28. The highest BCUT2D eigenvalue weighted by molar-refractivity contribution is 6.28. The number of hydrogen-bond donors (Lipinski definition) is 1. The summed E-state index contributed by atoms with van der Waals surface area (Å²) in [5, 5.41) is 0.300. The molecule has 2 heterocycles. The standard InChI is InChI=1S/C10H15ClN4.ClH/c11-10-13-5-4-9(14-10)15-6-2-1-3-8(15)7-12;/h4-5,8H,1-3,6-7,12H2;1H. The van der Waals surface area contributed by atoms with Crippen LogP contribution in [0.4, 0.5) is 5.82 Å². The predicted molar refractivity (Wildman–Crippen MR) is 68.3 cm³/mol. The number of aromatic nitrogens is 2. The molecule has 0 radical (unpaired) electrons. The Hall–Kier alpha value is -0.580. The molecule has 4 nitrogen and oxygen atoms in total. The van der Waals surface area contributed by atoms with E-state index < -0.39 is 0 Å². The number of rotatable bonds is 2. The van der Waals surface area contributed by atoms with Crippen LogP contribution in [-0.2, 0) is 0 Å². The van der Waals surface area contributed by atoms with Crippen molar-refractivity contribution in [1.82, 2.24) is 9.97 Å². The van der Waals surface area contributed by atoms with Crippen molar-refractivity contribution >= 4 is 29.8 Å². The number of nitrogens with zero attached hydrogens (tertiary/aromatic N) is 3. The molecule has 1 aliphatic heterocycles. The summed E-state index contributed by atoms with van der Waals surface area (Å²) >= 11 is 5.77. The van der Waals surface area contributed by atoms with Gasteiger partial charge in [0.1, 0.15) is 5.82 Å². The third-order valence-electron chi connectivity index (χ3n) is 2.80. The molecule has 1 unspecified atom stereocenters. The summed E-state index contributed by atoms with van der Waals surface area (Å²) in [5.41, 5.74) is 5.75. The molecular weight excluding hydrogens is 247 g/mol. The Morgan fingerprint density at radius 2 is 2.31 bits per heavy atom. The zero-order chi connectivity index (χ0) is 10.7. The van der Waals surface area contributed by atoms with Crippen LogP contribution < -0.4 is 10.6 Å². The van der Waals surface area contributed by atoms with Gasteiger partial charge in [0.2, 0.25) is 5.28 Å². The van der Waals surface area contributed by atoms with Crippen molar-refractivity contribution in [3.63, 3.8) is 0 Å². The maximum Gasteiger partial charge on any atom is 0.224 e. The molecule has 1 aromatic heterocycles. The fourth-order valence-corrected chi connectivity index (χ4v) is 2.18. The first-order valence-electron chi connectivity index (χ1n) is 5.26. The molecule has 2 N–H and O–H groups in total. The van der Waals surface area contributed by atoms with Gasteiger partial charge in [-0.25, -0.2) is 9.97 Å². The van der Waals surface area contributed by atoms with Gasteiger partial charge in [0.15, 0.2) is 0 Å². The summed E-state index contributed by atoms with van der Waals surface area (Å²) < 4.78 is 0. The molecule has 0 amide bonds. The van der Waals surface area contributed by atoms with Crippen molar-refractivity contribution in [2.24, 2.45) is 5.73 Å². The zero-order valence-electron chi connectivity index (χ0n) is 8.97. The second-order valence-corrected chi connectivity index (χ2v) is 4.10. The van der Waals surface area contributed by atoms with E-state index in [4.69, 9.17) is 17.3 Å². The van der Waals surface area contributed by atoms with Gasteiger partial charge in [0.25, 0.3) is 0 Å². The van der Waals surface area contributed by atoms with Gasteiger partial charge < -0.3 is 10.6 Å². The fourth-order valence-electron chi connectivity index (χ4n) is 2.03. The molecule has 16 heavy (non-hydrogen) atoms. The summed E-state index contributed by atoms with van der Waals surface area (Å²) in [4.78, 5) is 10.3. The minimum Gasteiger partial charge on any atom is -0.352 e. The molecule has 0 spiro atoms. The SMILES string of the molecule is Cl.NCC1CCCCN1c1ccnc(Cl)n1. The van der Waals surface area contributed by atoms with Gasteiger partial charge in [-0.1, -0.05) is 0 Å². The number of piperidine rings is 1. The third kappa shape index (κ3) is 2.97. The molecule has 0 saturated carbocycles. The van der Waals surface area contributed by atoms with Crippen molar-refractivity contribution in [1.29, 1.82) is 0 Å². The lowest BCUT2D eigenvalue weighted by molar-refractivity contribution is 0.462. The predicted octanol–water partition coefficient (Wildman–Crippen LogP) is 1.87. The second kappa shape index (κ2) is 6.23. The van der Waals surface area contributed by atoms with Crippen LogP contribution in [0.5, 0.6) is 0 Å². The van der Waals surface area contributed by atoms with Crippen molar-refractivity contribution in [2.75, 3.05) is 18.0 Å². The Kier molecular flexibility index (Phi) is 5.25. The maximum atomic E-state index is 5.77. The number of nitrogens with two attached hydrogens (primary N) is 1. The smallest absolute Gasteiger partial charge is 0.224 e. The van der Waals surface area contributed by atoms with E-state index in [-0.39, 0.29) is 12.4 Å². The monoisotopic (exact) mass is 262 g/mol. The summed E-state index contributed by atoms with van der Waals surface area (Å²) in [5.74, 6) is 0.894. The van der Waals surface area contributed by atoms with Crippen LogP contribution in [-0.4, -0.2) is 29.1 Å². The highest BCUT2D eigenvalue weighted by atomic mass is 35.5. The van der Waals surface area contributed by atoms with E-state index in [1.807, 2.05) is 6.07 Å². The maximum absolute atomic E-state index is 5.77. The van der Waals surface area contributed by atoms with E-state index in [9.17, 15) is 0 Å². The van der Waals surface area contributed by atoms with Crippen LogP contribution in [0.1, 0.15) is 19.3 Å². The fraction of sp³-hybridized carbons (Fsp3) is 0.600. The van der Waals surface area contributed by atoms with Crippen LogP contribution in [0.2, 0.25) is 5.28 Å². The number of halogens is 2. The van der Waals surface area contributed by atoms with Crippen molar-refractivity contribution in [2.45, 2.75) is 25.3 Å². The first-order valence-corrected chi connectivity index (χ1v) is 5.64. The van der Waals surface area contributed by atoms with Crippen LogP contribution in [0.15, 0.2) is 12.3 Å². The van der Waals surface area contributed by atoms with E-state index >= 15 is 0 Å². The third-order valence-corrected chi connectivity index (χ3v) is 2.99. The van der Waals surface area contributed by atoms with Gasteiger partial charge in [-0.05, 0) is 36.9 Å². The highest BCUT2D eigenvalue weighted by Gasteiger charge is 2.22. The van der Waals surface area contributed by atoms with E-state index in [1.54, 1.807) is 6.20 Å². The van der Waals surface area contributed by atoms with E-state index in [0.717, 1.165) is 18.8 Å². The molecule has 1 aromatic rings. The van der Waals surface area contributed by atoms with Crippen LogP contribution in [0, 0.1) is 0 Å². The average molecular weight is 263 g/mol.